The van der Waals surface area contributed by atoms with Gasteiger partial charge in [-0.1, -0.05) is 36.0 Å². The third-order valence-electron chi connectivity index (χ3n) is 3.42. The molecule has 0 spiro atoms. The number of carbonyl (C=O) groups is 1. The Labute approximate surface area is 110 Å². The van der Waals surface area contributed by atoms with Crippen LogP contribution in [0, 0.1) is 11.8 Å². The van der Waals surface area contributed by atoms with Crippen molar-refractivity contribution < 1.29 is 9.53 Å². The van der Waals surface area contributed by atoms with E-state index in [-0.39, 0.29) is 11.9 Å². The Bertz CT molecular complexity index is 357. The van der Waals surface area contributed by atoms with Crippen LogP contribution in [0.4, 0.5) is 0 Å². The topological polar surface area (TPSA) is 26.3 Å². The molecular formula is C16H24O2. The molecule has 1 rings (SSSR count). The van der Waals surface area contributed by atoms with Crippen LogP contribution in [-0.4, -0.2) is 12.6 Å². The van der Waals surface area contributed by atoms with Gasteiger partial charge in [0.05, 0.1) is 12.5 Å². The maximum absolute atomic E-state index is 11.5. The molecule has 0 aromatic heterocycles. The number of allylic oxidation sites excluding steroid dienone is 5. The lowest BCUT2D eigenvalue weighted by molar-refractivity contribution is -0.152. The number of esters is 1. The normalized spacial score (nSPS) is 24.4. The smallest absolute Gasteiger partial charge is 0.308 e. The van der Waals surface area contributed by atoms with Crippen molar-refractivity contribution in [2.45, 2.75) is 40.0 Å². The summed E-state index contributed by atoms with van der Waals surface area (Å²) in [6, 6.07) is 0. The van der Waals surface area contributed by atoms with Crippen LogP contribution in [0.1, 0.15) is 40.0 Å². The number of hydrogen-bond acceptors (Lipinski definition) is 2. The summed E-state index contributed by atoms with van der Waals surface area (Å²) in [5.74, 6) is 0.777. The van der Waals surface area contributed by atoms with Gasteiger partial charge in [-0.05, 0) is 46.0 Å². The standard InChI is InChI=1S/C16H24O2/c1-5-12(3)7-8-13(4)9-14-10-15(11-14)16(17)18-6-2/h5,7-8,14-15H,1,6,9-11H2,2-4H3/b12-7-,13-8+. The molecule has 0 atom stereocenters. The molecule has 0 bridgehead atoms. The molecule has 1 fully saturated rings. The summed E-state index contributed by atoms with van der Waals surface area (Å²) in [5, 5.41) is 0. The first-order valence-electron chi connectivity index (χ1n) is 6.70. The van der Waals surface area contributed by atoms with E-state index in [2.05, 4.69) is 25.7 Å². The Morgan fingerprint density at radius 2 is 2.00 bits per heavy atom. The minimum absolute atomic E-state index is 0.0159. The summed E-state index contributed by atoms with van der Waals surface area (Å²) < 4.78 is 5.02. The van der Waals surface area contributed by atoms with Crippen molar-refractivity contribution in [2.24, 2.45) is 11.8 Å². The molecule has 0 heterocycles. The molecule has 2 heteroatoms. The molecule has 0 aromatic rings. The van der Waals surface area contributed by atoms with Gasteiger partial charge in [-0.25, -0.2) is 0 Å². The summed E-state index contributed by atoms with van der Waals surface area (Å²) in [5.41, 5.74) is 2.54. The molecule has 0 radical (unpaired) electrons. The van der Waals surface area contributed by atoms with Crippen LogP contribution in [-0.2, 0) is 9.53 Å². The molecule has 0 N–H and O–H groups in total. The molecule has 18 heavy (non-hydrogen) atoms. The predicted octanol–water partition coefficient (Wildman–Crippen LogP) is 4.04. The molecule has 1 aliphatic rings. The fourth-order valence-corrected chi connectivity index (χ4v) is 2.22. The highest BCUT2D eigenvalue weighted by Gasteiger charge is 2.35. The van der Waals surface area contributed by atoms with Gasteiger partial charge in [0.15, 0.2) is 0 Å². The molecule has 0 saturated heterocycles. The molecule has 1 saturated carbocycles. The van der Waals surface area contributed by atoms with Crippen molar-refractivity contribution in [3.63, 3.8) is 0 Å². The van der Waals surface area contributed by atoms with E-state index in [0.29, 0.717) is 12.5 Å². The first-order chi connectivity index (χ1) is 8.56. The minimum Gasteiger partial charge on any atom is -0.466 e. The molecule has 1 aliphatic carbocycles. The molecule has 0 unspecified atom stereocenters. The van der Waals surface area contributed by atoms with E-state index < -0.39 is 0 Å². The van der Waals surface area contributed by atoms with E-state index in [4.69, 9.17) is 4.74 Å². The summed E-state index contributed by atoms with van der Waals surface area (Å²) in [7, 11) is 0. The van der Waals surface area contributed by atoms with Gasteiger partial charge in [-0.3, -0.25) is 4.79 Å². The van der Waals surface area contributed by atoms with Gasteiger partial charge < -0.3 is 4.74 Å². The SMILES string of the molecule is C=C/C(C)=C\C=C(/C)CC1CC(C(=O)OCC)C1. The predicted molar refractivity (Wildman–Crippen MR) is 75.2 cm³/mol. The van der Waals surface area contributed by atoms with E-state index in [9.17, 15) is 4.79 Å². The highest BCUT2D eigenvalue weighted by atomic mass is 16.5. The Hall–Kier alpha value is -1.31. The number of ether oxygens (including phenoxy) is 1. The average Bonchev–Trinajstić information content (AvgIpc) is 2.30. The maximum atomic E-state index is 11.5. The number of rotatable bonds is 6. The quantitative estimate of drug-likeness (QED) is 0.523. The van der Waals surface area contributed by atoms with Crippen molar-refractivity contribution >= 4 is 5.97 Å². The zero-order valence-electron chi connectivity index (χ0n) is 11.7. The van der Waals surface area contributed by atoms with Crippen LogP contribution in [0.15, 0.2) is 36.0 Å². The lowest BCUT2D eigenvalue weighted by Crippen LogP contribution is -2.32. The lowest BCUT2D eigenvalue weighted by Gasteiger charge is -2.33. The van der Waals surface area contributed by atoms with E-state index in [0.717, 1.165) is 19.3 Å². The van der Waals surface area contributed by atoms with Gasteiger partial charge in [0.1, 0.15) is 0 Å². The Morgan fingerprint density at radius 1 is 1.33 bits per heavy atom. The van der Waals surface area contributed by atoms with E-state index >= 15 is 0 Å². The second-order valence-electron chi connectivity index (χ2n) is 5.12. The maximum Gasteiger partial charge on any atom is 0.308 e. The van der Waals surface area contributed by atoms with Crippen LogP contribution in [0.2, 0.25) is 0 Å². The Kier molecular flexibility index (Phi) is 5.90. The third kappa shape index (κ3) is 4.52. The highest BCUT2D eigenvalue weighted by molar-refractivity contribution is 5.73. The van der Waals surface area contributed by atoms with Crippen molar-refractivity contribution in [2.75, 3.05) is 6.61 Å². The van der Waals surface area contributed by atoms with Crippen LogP contribution in [0.25, 0.3) is 0 Å². The van der Waals surface area contributed by atoms with Crippen LogP contribution < -0.4 is 0 Å². The fraction of sp³-hybridized carbons (Fsp3) is 0.562. The molecule has 0 aliphatic heterocycles. The second kappa shape index (κ2) is 7.20. The van der Waals surface area contributed by atoms with Gasteiger partial charge in [-0.15, -0.1) is 0 Å². The monoisotopic (exact) mass is 248 g/mol. The van der Waals surface area contributed by atoms with Crippen molar-refractivity contribution in [3.05, 3.63) is 36.0 Å². The van der Waals surface area contributed by atoms with Gasteiger partial charge in [0.25, 0.3) is 0 Å². The summed E-state index contributed by atoms with van der Waals surface area (Å²) in [6.45, 7) is 10.3. The van der Waals surface area contributed by atoms with Gasteiger partial charge in [0, 0.05) is 0 Å². The second-order valence-corrected chi connectivity index (χ2v) is 5.12. The number of carbonyl (C=O) groups excluding carboxylic acids is 1. The highest BCUT2D eigenvalue weighted by Crippen LogP contribution is 2.38. The summed E-state index contributed by atoms with van der Waals surface area (Å²) in [6.07, 6.45) is 9.13. The van der Waals surface area contributed by atoms with Crippen LogP contribution in [0.3, 0.4) is 0 Å². The van der Waals surface area contributed by atoms with E-state index in [1.54, 1.807) is 0 Å². The first-order valence-corrected chi connectivity index (χ1v) is 6.70. The van der Waals surface area contributed by atoms with Crippen molar-refractivity contribution in [3.8, 4) is 0 Å². The van der Waals surface area contributed by atoms with Gasteiger partial charge in [-0.2, -0.15) is 0 Å². The molecule has 0 amide bonds. The van der Waals surface area contributed by atoms with E-state index in [1.165, 1.54) is 11.1 Å². The first kappa shape index (κ1) is 14.7. The van der Waals surface area contributed by atoms with Crippen molar-refractivity contribution in [1.29, 1.82) is 0 Å². The lowest BCUT2D eigenvalue weighted by atomic mass is 9.72. The minimum atomic E-state index is -0.0159. The van der Waals surface area contributed by atoms with Gasteiger partial charge in [0.2, 0.25) is 0 Å². The molecule has 100 valence electrons. The Morgan fingerprint density at radius 3 is 2.56 bits per heavy atom. The Balaban J connectivity index is 2.31. The van der Waals surface area contributed by atoms with Crippen LogP contribution in [0.5, 0.6) is 0 Å². The van der Waals surface area contributed by atoms with Crippen molar-refractivity contribution in [1.82, 2.24) is 0 Å². The average molecular weight is 248 g/mol. The van der Waals surface area contributed by atoms with Crippen LogP contribution >= 0.6 is 0 Å². The third-order valence-corrected chi connectivity index (χ3v) is 3.42. The zero-order valence-corrected chi connectivity index (χ0v) is 11.7. The molecule has 2 nitrogen and oxygen atoms in total. The fourth-order valence-electron chi connectivity index (χ4n) is 2.22. The van der Waals surface area contributed by atoms with Gasteiger partial charge >= 0.3 is 5.97 Å². The molecule has 0 aromatic carbocycles. The summed E-state index contributed by atoms with van der Waals surface area (Å²) in [4.78, 5) is 11.5. The largest absolute Gasteiger partial charge is 0.466 e. The summed E-state index contributed by atoms with van der Waals surface area (Å²) >= 11 is 0. The van der Waals surface area contributed by atoms with E-state index in [1.807, 2.05) is 19.9 Å². The number of hydrogen-bond donors (Lipinski definition) is 0. The molecular weight excluding hydrogens is 224 g/mol. The zero-order chi connectivity index (χ0) is 13.5.